The van der Waals surface area contributed by atoms with Gasteiger partial charge in [0.1, 0.15) is 0 Å². The predicted molar refractivity (Wildman–Crippen MR) is 48.8 cm³/mol. The molecule has 0 rings (SSSR count). The Morgan fingerprint density at radius 3 is 2.91 bits per heavy atom. The summed E-state index contributed by atoms with van der Waals surface area (Å²) < 4.78 is 4.88. The first-order chi connectivity index (χ1) is 5.31. The Morgan fingerprint density at radius 2 is 2.36 bits per heavy atom. The van der Waals surface area contributed by atoms with Gasteiger partial charge in [0.05, 0.1) is 6.61 Å². The molecule has 3 heteroatoms. The van der Waals surface area contributed by atoms with Crippen LogP contribution in [-0.2, 0) is 9.53 Å². The number of thiocarbonyl (C=S) groups is 1. The molecule has 0 aromatic rings. The summed E-state index contributed by atoms with van der Waals surface area (Å²) in [5.41, 5.74) is 0. The van der Waals surface area contributed by atoms with E-state index >= 15 is 0 Å². The van der Waals surface area contributed by atoms with Gasteiger partial charge in [-0.3, -0.25) is 4.79 Å². The largest absolute Gasteiger partial charge is 0.466 e. The van der Waals surface area contributed by atoms with Crippen LogP contribution in [0.25, 0.3) is 0 Å². The van der Waals surface area contributed by atoms with Crippen molar-refractivity contribution in [1.82, 2.24) is 0 Å². The van der Waals surface area contributed by atoms with Crippen molar-refractivity contribution in [3.8, 4) is 0 Å². The fourth-order valence-corrected chi connectivity index (χ4v) is 0.796. The van der Waals surface area contributed by atoms with Gasteiger partial charge in [-0.15, -0.1) is 0 Å². The molecule has 64 valence electrons. The fraction of sp³-hybridized carbons (Fsp3) is 0.750. The van der Waals surface area contributed by atoms with Crippen LogP contribution in [-0.4, -0.2) is 17.9 Å². The normalized spacial score (nSPS) is 9.18. The fourth-order valence-electron chi connectivity index (χ4n) is 0.629. The summed E-state index contributed by atoms with van der Waals surface area (Å²) in [4.78, 5) is 10.7. The first kappa shape index (κ1) is 10.6. The maximum atomic E-state index is 10.7. The van der Waals surface area contributed by atoms with E-state index in [-0.39, 0.29) is 5.97 Å². The Hall–Kier alpha value is -0.440. The topological polar surface area (TPSA) is 26.3 Å². The van der Waals surface area contributed by atoms with Gasteiger partial charge in [0.15, 0.2) is 0 Å². The summed E-state index contributed by atoms with van der Waals surface area (Å²) in [6.07, 6.45) is 3.07. The Labute approximate surface area is 72.9 Å². The lowest BCUT2D eigenvalue weighted by atomic mass is 10.3. The summed E-state index contributed by atoms with van der Waals surface area (Å²) in [5, 5.41) is 1.66. The highest BCUT2D eigenvalue weighted by molar-refractivity contribution is 7.78. The number of hydrogen-bond acceptors (Lipinski definition) is 3. The highest BCUT2D eigenvalue weighted by Crippen LogP contribution is 1.93. The van der Waals surface area contributed by atoms with Gasteiger partial charge >= 0.3 is 5.97 Å². The Bertz CT molecular complexity index is 123. The van der Waals surface area contributed by atoms with Crippen LogP contribution in [0.2, 0.25) is 0 Å². The number of hydrogen-bond donors (Lipinski definition) is 0. The molecule has 0 fully saturated rings. The average Bonchev–Trinajstić information content (AvgIpc) is 1.99. The summed E-state index contributed by atoms with van der Waals surface area (Å²) in [5.74, 6) is -0.100. The van der Waals surface area contributed by atoms with Crippen LogP contribution in [0.5, 0.6) is 0 Å². The van der Waals surface area contributed by atoms with Gasteiger partial charge in [0, 0.05) is 6.42 Å². The van der Waals surface area contributed by atoms with E-state index in [9.17, 15) is 4.79 Å². The van der Waals surface area contributed by atoms with Crippen molar-refractivity contribution in [3.63, 3.8) is 0 Å². The summed E-state index contributed by atoms with van der Waals surface area (Å²) in [6, 6.07) is 0. The summed E-state index contributed by atoms with van der Waals surface area (Å²) >= 11 is 4.62. The van der Waals surface area contributed by atoms with Crippen molar-refractivity contribution in [2.75, 3.05) is 6.61 Å². The minimum atomic E-state index is -0.100. The maximum absolute atomic E-state index is 10.7. The number of rotatable bonds is 6. The van der Waals surface area contributed by atoms with Crippen molar-refractivity contribution in [2.45, 2.75) is 32.6 Å². The third kappa shape index (κ3) is 7.46. The summed E-state index contributed by atoms with van der Waals surface area (Å²) in [7, 11) is 0. The van der Waals surface area contributed by atoms with E-state index in [0.29, 0.717) is 13.0 Å². The van der Waals surface area contributed by atoms with Gasteiger partial charge in [-0.25, -0.2) is 0 Å². The molecule has 0 saturated heterocycles. The van der Waals surface area contributed by atoms with Gasteiger partial charge in [-0.1, -0.05) is 19.1 Å². The van der Waals surface area contributed by atoms with Gasteiger partial charge in [0.25, 0.3) is 0 Å². The van der Waals surface area contributed by atoms with E-state index in [1.165, 1.54) is 0 Å². The zero-order chi connectivity index (χ0) is 8.53. The third-order valence-corrected chi connectivity index (χ3v) is 1.42. The number of esters is 1. The Kier molecular flexibility index (Phi) is 7.36. The second-order valence-electron chi connectivity index (χ2n) is 2.28. The van der Waals surface area contributed by atoms with Gasteiger partial charge in [-0.2, -0.15) is 0 Å². The van der Waals surface area contributed by atoms with Crippen molar-refractivity contribution in [2.24, 2.45) is 0 Å². The highest BCUT2D eigenvalue weighted by Gasteiger charge is 1.98. The molecule has 0 aliphatic carbocycles. The van der Waals surface area contributed by atoms with Crippen molar-refractivity contribution in [1.29, 1.82) is 0 Å². The van der Waals surface area contributed by atoms with E-state index < -0.39 is 0 Å². The van der Waals surface area contributed by atoms with Crippen molar-refractivity contribution in [3.05, 3.63) is 0 Å². The van der Waals surface area contributed by atoms with E-state index in [0.717, 1.165) is 19.3 Å². The molecule has 0 radical (unpaired) electrons. The molecule has 0 saturated carbocycles. The zero-order valence-electron chi connectivity index (χ0n) is 6.84. The Morgan fingerprint density at radius 1 is 1.64 bits per heavy atom. The lowest BCUT2D eigenvalue weighted by Crippen LogP contribution is -2.04. The molecule has 0 spiro atoms. The number of carbonyl (C=O) groups excluding carboxylic acids is 1. The van der Waals surface area contributed by atoms with Crippen LogP contribution in [0.3, 0.4) is 0 Å². The minimum Gasteiger partial charge on any atom is -0.466 e. The van der Waals surface area contributed by atoms with E-state index in [1.54, 1.807) is 5.37 Å². The smallest absolute Gasteiger partial charge is 0.305 e. The van der Waals surface area contributed by atoms with Crippen LogP contribution >= 0.6 is 12.2 Å². The Balaban J connectivity index is 3.10. The molecular formula is C8H14O2S. The quantitative estimate of drug-likeness (QED) is 0.350. The van der Waals surface area contributed by atoms with Gasteiger partial charge in [-0.05, 0) is 24.6 Å². The van der Waals surface area contributed by atoms with Gasteiger partial charge in [0.2, 0.25) is 0 Å². The van der Waals surface area contributed by atoms with Crippen LogP contribution in [0, 0.1) is 0 Å². The maximum Gasteiger partial charge on any atom is 0.305 e. The summed E-state index contributed by atoms with van der Waals surface area (Å²) in [6.45, 7) is 2.46. The van der Waals surface area contributed by atoms with Crippen LogP contribution in [0.1, 0.15) is 32.6 Å². The molecule has 0 aliphatic heterocycles. The van der Waals surface area contributed by atoms with E-state index in [4.69, 9.17) is 4.74 Å². The second kappa shape index (κ2) is 7.66. The molecule has 0 aliphatic rings. The predicted octanol–water partition coefficient (Wildman–Crippen LogP) is 2.11. The molecule has 0 aromatic heterocycles. The number of unbranched alkanes of at least 4 members (excludes halogenated alkanes) is 1. The average molecular weight is 174 g/mol. The molecule has 0 bridgehead atoms. The first-order valence-corrected chi connectivity index (χ1v) is 4.37. The first-order valence-electron chi connectivity index (χ1n) is 3.90. The highest BCUT2D eigenvalue weighted by atomic mass is 32.1. The molecular weight excluding hydrogens is 160 g/mol. The second-order valence-corrected chi connectivity index (χ2v) is 2.61. The van der Waals surface area contributed by atoms with Crippen LogP contribution in [0.4, 0.5) is 0 Å². The molecule has 0 atom stereocenters. The van der Waals surface area contributed by atoms with E-state index in [2.05, 4.69) is 12.2 Å². The molecule has 0 aromatic carbocycles. The zero-order valence-corrected chi connectivity index (χ0v) is 7.65. The van der Waals surface area contributed by atoms with Gasteiger partial charge < -0.3 is 4.74 Å². The molecule has 0 unspecified atom stereocenters. The molecule has 0 amide bonds. The standard InChI is InChI=1S/C8H14O2S/c1-2-5-8(9)10-6-3-4-7-11/h7H,2-6H2,1H3. The molecule has 11 heavy (non-hydrogen) atoms. The SMILES string of the molecule is CCCC(=O)OCCCC=S. The minimum absolute atomic E-state index is 0.100. The number of carbonyl (C=O) groups is 1. The third-order valence-electron chi connectivity index (χ3n) is 1.18. The van der Waals surface area contributed by atoms with Crippen molar-refractivity contribution >= 4 is 23.6 Å². The number of ether oxygens (including phenoxy) is 1. The monoisotopic (exact) mass is 174 g/mol. The van der Waals surface area contributed by atoms with Crippen LogP contribution in [0.15, 0.2) is 0 Å². The molecule has 0 N–H and O–H groups in total. The molecule has 0 heterocycles. The molecule has 2 nitrogen and oxygen atoms in total. The lowest BCUT2D eigenvalue weighted by Gasteiger charge is -2.00. The van der Waals surface area contributed by atoms with E-state index in [1.807, 2.05) is 6.92 Å². The van der Waals surface area contributed by atoms with Crippen LogP contribution < -0.4 is 0 Å². The van der Waals surface area contributed by atoms with Crippen molar-refractivity contribution < 1.29 is 9.53 Å². The lowest BCUT2D eigenvalue weighted by molar-refractivity contribution is -0.143.